The molecule has 32 heavy (non-hydrogen) atoms. The number of unbranched alkanes of at least 4 members (excludes halogenated alkanes) is 2. The Morgan fingerprint density at radius 2 is 1.78 bits per heavy atom. The average molecular weight is 436 g/mol. The number of hydrogen-bond acceptors (Lipinski definition) is 4. The first-order chi connectivity index (χ1) is 15.3. The molecule has 0 bridgehead atoms. The van der Waals surface area contributed by atoms with Gasteiger partial charge in [-0.2, -0.15) is 0 Å². The van der Waals surface area contributed by atoms with Gasteiger partial charge in [0.25, 0.3) is 11.7 Å². The number of amides is 1. The molecule has 1 amide bonds. The molecule has 0 saturated carbocycles. The van der Waals surface area contributed by atoms with E-state index in [4.69, 9.17) is 4.74 Å². The Balaban J connectivity index is 2.13. The highest BCUT2D eigenvalue weighted by Crippen LogP contribution is 2.40. The van der Waals surface area contributed by atoms with E-state index in [1.54, 1.807) is 30.2 Å². The van der Waals surface area contributed by atoms with Gasteiger partial charge in [0, 0.05) is 12.1 Å². The van der Waals surface area contributed by atoms with Crippen molar-refractivity contribution in [2.75, 3.05) is 13.7 Å². The average Bonchev–Trinajstić information content (AvgIpc) is 3.03. The number of likely N-dealkylation sites (tertiary alicyclic amines) is 1. The standard InChI is InChI=1S/C27H33NO4/c1-6-7-8-15-28-24(20-11-9-19(10-12-20)17(2)3)23(26(30)27(28)31)25(29)22-14-13-21(32-5)16-18(22)4/h9-14,16-17,24,29H,6-8,15H2,1-5H3/b25-23-. The smallest absolute Gasteiger partial charge is 0.295 e. The molecule has 3 rings (SSSR count). The predicted molar refractivity (Wildman–Crippen MR) is 127 cm³/mol. The van der Waals surface area contributed by atoms with Gasteiger partial charge in [0.1, 0.15) is 11.5 Å². The monoisotopic (exact) mass is 435 g/mol. The molecule has 5 nitrogen and oxygen atoms in total. The molecule has 2 aromatic carbocycles. The first kappa shape index (κ1) is 23.6. The summed E-state index contributed by atoms with van der Waals surface area (Å²) in [5, 5.41) is 11.3. The molecular weight excluding hydrogens is 402 g/mol. The Hall–Kier alpha value is -3.08. The van der Waals surface area contributed by atoms with Crippen LogP contribution in [0, 0.1) is 6.92 Å². The van der Waals surface area contributed by atoms with Gasteiger partial charge in [-0.05, 0) is 54.2 Å². The van der Waals surface area contributed by atoms with Crippen LogP contribution < -0.4 is 4.74 Å². The van der Waals surface area contributed by atoms with Gasteiger partial charge in [-0.15, -0.1) is 0 Å². The zero-order valence-corrected chi connectivity index (χ0v) is 19.6. The summed E-state index contributed by atoms with van der Waals surface area (Å²) in [7, 11) is 1.58. The van der Waals surface area contributed by atoms with Gasteiger partial charge in [0.2, 0.25) is 0 Å². The molecule has 0 aliphatic carbocycles. The highest BCUT2D eigenvalue weighted by molar-refractivity contribution is 6.46. The van der Waals surface area contributed by atoms with Crippen LogP contribution in [0.1, 0.15) is 74.2 Å². The SMILES string of the molecule is CCCCCN1C(=O)C(=O)/C(=C(\O)c2ccc(OC)cc2C)C1c1ccc(C(C)C)cc1. The van der Waals surface area contributed by atoms with Gasteiger partial charge in [0.05, 0.1) is 18.7 Å². The van der Waals surface area contributed by atoms with Gasteiger partial charge in [-0.3, -0.25) is 9.59 Å². The van der Waals surface area contributed by atoms with Crippen LogP contribution in [-0.2, 0) is 9.59 Å². The van der Waals surface area contributed by atoms with Crippen molar-refractivity contribution in [3.05, 3.63) is 70.3 Å². The van der Waals surface area contributed by atoms with Crippen LogP contribution in [0.5, 0.6) is 5.75 Å². The number of hydrogen-bond donors (Lipinski definition) is 1. The lowest BCUT2D eigenvalue weighted by Crippen LogP contribution is -2.30. The number of methoxy groups -OCH3 is 1. The van der Waals surface area contributed by atoms with E-state index < -0.39 is 17.7 Å². The minimum atomic E-state index is -0.632. The van der Waals surface area contributed by atoms with Crippen molar-refractivity contribution in [2.45, 2.75) is 58.9 Å². The number of nitrogens with zero attached hydrogens (tertiary/aromatic N) is 1. The van der Waals surface area contributed by atoms with E-state index in [0.717, 1.165) is 30.4 Å². The fourth-order valence-corrected chi connectivity index (χ4v) is 4.23. The van der Waals surface area contributed by atoms with E-state index in [1.807, 2.05) is 31.2 Å². The van der Waals surface area contributed by atoms with Crippen molar-refractivity contribution in [3.8, 4) is 5.75 Å². The number of benzene rings is 2. The second-order valence-corrected chi connectivity index (χ2v) is 8.70. The lowest BCUT2D eigenvalue weighted by atomic mass is 9.92. The highest BCUT2D eigenvalue weighted by Gasteiger charge is 2.45. The zero-order valence-electron chi connectivity index (χ0n) is 19.6. The Bertz CT molecular complexity index is 1020. The van der Waals surface area contributed by atoms with E-state index in [2.05, 4.69) is 20.8 Å². The molecule has 0 radical (unpaired) electrons. The van der Waals surface area contributed by atoms with Gasteiger partial charge in [0.15, 0.2) is 0 Å². The summed E-state index contributed by atoms with van der Waals surface area (Å²) in [5.41, 5.74) is 3.46. The highest BCUT2D eigenvalue weighted by atomic mass is 16.5. The quantitative estimate of drug-likeness (QED) is 0.249. The molecule has 1 heterocycles. The van der Waals surface area contributed by atoms with Crippen molar-refractivity contribution < 1.29 is 19.4 Å². The van der Waals surface area contributed by atoms with E-state index in [9.17, 15) is 14.7 Å². The van der Waals surface area contributed by atoms with Crippen molar-refractivity contribution in [3.63, 3.8) is 0 Å². The Labute approximate surface area is 190 Å². The Morgan fingerprint density at radius 1 is 1.09 bits per heavy atom. The summed E-state index contributed by atoms with van der Waals surface area (Å²) >= 11 is 0. The molecule has 1 saturated heterocycles. The van der Waals surface area contributed by atoms with Crippen LogP contribution in [0.25, 0.3) is 5.76 Å². The number of carbonyl (C=O) groups excluding carboxylic acids is 2. The van der Waals surface area contributed by atoms with Gasteiger partial charge in [-0.1, -0.05) is 57.9 Å². The van der Waals surface area contributed by atoms with Crippen molar-refractivity contribution in [1.29, 1.82) is 0 Å². The number of aryl methyl sites for hydroxylation is 1. The maximum Gasteiger partial charge on any atom is 0.295 e. The summed E-state index contributed by atoms with van der Waals surface area (Å²) in [6.07, 6.45) is 2.80. The summed E-state index contributed by atoms with van der Waals surface area (Å²) in [6, 6.07) is 12.7. The molecule has 1 aliphatic rings. The van der Waals surface area contributed by atoms with Crippen molar-refractivity contribution in [2.24, 2.45) is 0 Å². The second kappa shape index (κ2) is 10.0. The fourth-order valence-electron chi connectivity index (χ4n) is 4.23. The lowest BCUT2D eigenvalue weighted by molar-refractivity contribution is -0.139. The molecule has 170 valence electrons. The fraction of sp³-hybridized carbons (Fsp3) is 0.407. The molecule has 1 fully saturated rings. The molecule has 1 aliphatic heterocycles. The number of carbonyl (C=O) groups is 2. The van der Waals surface area contributed by atoms with Gasteiger partial charge >= 0.3 is 0 Å². The van der Waals surface area contributed by atoms with Gasteiger partial charge < -0.3 is 14.7 Å². The molecular formula is C27H33NO4. The Kier molecular flexibility index (Phi) is 7.39. The topological polar surface area (TPSA) is 66.8 Å². The van der Waals surface area contributed by atoms with Crippen molar-refractivity contribution in [1.82, 2.24) is 4.90 Å². The summed E-state index contributed by atoms with van der Waals surface area (Å²) in [4.78, 5) is 27.7. The number of aliphatic hydroxyl groups excluding tert-OH is 1. The minimum Gasteiger partial charge on any atom is -0.507 e. The summed E-state index contributed by atoms with van der Waals surface area (Å²) in [5.74, 6) is -0.278. The number of Topliss-reactive ketones (excluding diaryl/α,β-unsaturated/α-hetero) is 1. The predicted octanol–water partition coefficient (Wildman–Crippen LogP) is 5.74. The van der Waals surface area contributed by atoms with Crippen LogP contribution in [-0.4, -0.2) is 35.4 Å². The molecule has 1 atom stereocenters. The van der Waals surface area contributed by atoms with E-state index in [0.29, 0.717) is 23.8 Å². The first-order valence-corrected chi connectivity index (χ1v) is 11.3. The van der Waals surface area contributed by atoms with Crippen LogP contribution in [0.15, 0.2) is 48.0 Å². The maximum atomic E-state index is 13.1. The molecule has 2 aromatic rings. The number of ketones is 1. The van der Waals surface area contributed by atoms with E-state index in [-0.39, 0.29) is 11.3 Å². The molecule has 1 unspecified atom stereocenters. The first-order valence-electron chi connectivity index (χ1n) is 11.3. The molecule has 1 N–H and O–H groups in total. The lowest BCUT2D eigenvalue weighted by Gasteiger charge is -2.26. The number of ether oxygens (including phenoxy) is 1. The third-order valence-electron chi connectivity index (χ3n) is 6.15. The third kappa shape index (κ3) is 4.57. The Morgan fingerprint density at radius 3 is 2.34 bits per heavy atom. The summed E-state index contributed by atoms with van der Waals surface area (Å²) < 4.78 is 5.26. The molecule has 0 aromatic heterocycles. The van der Waals surface area contributed by atoms with Gasteiger partial charge in [-0.25, -0.2) is 0 Å². The maximum absolute atomic E-state index is 13.1. The van der Waals surface area contributed by atoms with Crippen LogP contribution in [0.4, 0.5) is 0 Å². The zero-order chi connectivity index (χ0) is 23.4. The van der Waals surface area contributed by atoms with E-state index >= 15 is 0 Å². The summed E-state index contributed by atoms with van der Waals surface area (Å²) in [6.45, 7) is 8.67. The van der Waals surface area contributed by atoms with E-state index in [1.165, 1.54) is 5.56 Å². The van der Waals surface area contributed by atoms with Crippen LogP contribution in [0.3, 0.4) is 0 Å². The third-order valence-corrected chi connectivity index (χ3v) is 6.15. The van der Waals surface area contributed by atoms with Crippen molar-refractivity contribution >= 4 is 17.4 Å². The number of rotatable bonds is 8. The van der Waals surface area contributed by atoms with Crippen LogP contribution in [0.2, 0.25) is 0 Å². The molecule has 5 heteroatoms. The largest absolute Gasteiger partial charge is 0.507 e. The number of aliphatic hydroxyl groups is 1. The van der Waals surface area contributed by atoms with Crippen LogP contribution >= 0.6 is 0 Å². The second-order valence-electron chi connectivity index (χ2n) is 8.70. The normalized spacial score (nSPS) is 17.9. The molecule has 0 spiro atoms. The minimum absolute atomic E-state index is 0.139.